The van der Waals surface area contributed by atoms with E-state index in [1.165, 1.54) is 19.2 Å². The summed E-state index contributed by atoms with van der Waals surface area (Å²) in [4.78, 5) is 11.3. The van der Waals surface area contributed by atoms with Gasteiger partial charge in [0.1, 0.15) is 4.90 Å². The fourth-order valence-electron chi connectivity index (χ4n) is 2.12. The van der Waals surface area contributed by atoms with Crippen molar-refractivity contribution >= 4 is 21.7 Å². The molecule has 0 amide bonds. The van der Waals surface area contributed by atoms with Crippen LogP contribution in [0.4, 0.5) is 5.69 Å². The zero-order chi connectivity index (χ0) is 15.8. The Morgan fingerprint density at radius 3 is 2.43 bits per heavy atom. The second-order valence-electron chi connectivity index (χ2n) is 4.56. The lowest BCUT2D eigenvalue weighted by atomic mass is 10.2. The van der Waals surface area contributed by atoms with Crippen molar-refractivity contribution in [3.63, 3.8) is 0 Å². The fraction of sp³-hybridized carbons (Fsp3) is 0.231. The molecular weight excluding hydrogens is 294 g/mol. The van der Waals surface area contributed by atoms with Gasteiger partial charge in [0.15, 0.2) is 0 Å². The molecule has 21 heavy (non-hydrogen) atoms. The molecule has 1 aromatic carbocycles. The number of para-hydroxylation sites is 1. The predicted octanol–water partition coefficient (Wildman–Crippen LogP) is 1.55. The highest BCUT2D eigenvalue weighted by Crippen LogP contribution is 2.28. The standard InChI is InChI=1S/C13H15N3O4S/c1-8-12(9(2)15-14-8)21(19,20)16(3)11-7-5-4-6-10(11)13(17)18/h4-7H,1-3H3,(H,14,15)(H,17,18). The van der Waals surface area contributed by atoms with E-state index in [1.54, 1.807) is 26.0 Å². The van der Waals surface area contributed by atoms with Gasteiger partial charge in [0.2, 0.25) is 0 Å². The molecule has 0 spiro atoms. The van der Waals surface area contributed by atoms with Crippen LogP contribution < -0.4 is 4.31 Å². The molecule has 8 heteroatoms. The van der Waals surface area contributed by atoms with Gasteiger partial charge in [-0.05, 0) is 26.0 Å². The Balaban J connectivity index is 2.60. The first-order valence-electron chi connectivity index (χ1n) is 6.09. The van der Waals surface area contributed by atoms with E-state index in [9.17, 15) is 18.3 Å². The maximum atomic E-state index is 12.7. The first-order chi connectivity index (χ1) is 9.76. The molecule has 2 aromatic rings. The van der Waals surface area contributed by atoms with Crippen molar-refractivity contribution < 1.29 is 18.3 Å². The molecule has 0 aliphatic heterocycles. The SMILES string of the molecule is Cc1n[nH]c(C)c1S(=O)(=O)N(C)c1ccccc1C(=O)O. The molecule has 112 valence electrons. The smallest absolute Gasteiger partial charge is 0.337 e. The number of aromatic nitrogens is 2. The van der Waals surface area contributed by atoms with Crippen LogP contribution in [-0.2, 0) is 10.0 Å². The highest BCUT2D eigenvalue weighted by Gasteiger charge is 2.29. The molecule has 2 rings (SSSR count). The zero-order valence-electron chi connectivity index (χ0n) is 11.8. The number of aryl methyl sites for hydroxylation is 2. The van der Waals surface area contributed by atoms with E-state index in [1.807, 2.05) is 0 Å². The number of nitrogens with zero attached hydrogens (tertiary/aromatic N) is 2. The number of carbonyl (C=O) groups is 1. The van der Waals surface area contributed by atoms with Crippen molar-refractivity contribution in [2.75, 3.05) is 11.4 Å². The third kappa shape index (κ3) is 2.49. The highest BCUT2D eigenvalue weighted by atomic mass is 32.2. The minimum Gasteiger partial charge on any atom is -0.478 e. The largest absolute Gasteiger partial charge is 0.478 e. The number of carboxylic acid groups (broad SMARTS) is 1. The topological polar surface area (TPSA) is 103 Å². The summed E-state index contributed by atoms with van der Waals surface area (Å²) in [5.74, 6) is -1.19. The molecule has 0 radical (unpaired) electrons. The number of carboxylic acids is 1. The summed E-state index contributed by atoms with van der Waals surface area (Å²) in [5, 5.41) is 15.7. The molecule has 0 aliphatic rings. The quantitative estimate of drug-likeness (QED) is 0.892. The Labute approximate surface area is 122 Å². The molecule has 2 N–H and O–H groups in total. The number of hydrogen-bond acceptors (Lipinski definition) is 4. The van der Waals surface area contributed by atoms with E-state index < -0.39 is 16.0 Å². The Bertz CT molecular complexity index is 776. The van der Waals surface area contributed by atoms with Crippen LogP contribution in [0.5, 0.6) is 0 Å². The van der Waals surface area contributed by atoms with Gasteiger partial charge in [0.25, 0.3) is 10.0 Å². The number of sulfonamides is 1. The van der Waals surface area contributed by atoms with E-state index in [2.05, 4.69) is 10.2 Å². The van der Waals surface area contributed by atoms with Gasteiger partial charge in [0.05, 0.1) is 22.6 Å². The van der Waals surface area contributed by atoms with E-state index >= 15 is 0 Å². The Morgan fingerprint density at radius 1 is 1.29 bits per heavy atom. The van der Waals surface area contributed by atoms with E-state index in [0.717, 1.165) is 4.31 Å². The van der Waals surface area contributed by atoms with Crippen molar-refractivity contribution in [1.29, 1.82) is 0 Å². The number of anilines is 1. The Hall–Kier alpha value is -2.35. The molecule has 0 fully saturated rings. The molecule has 1 heterocycles. The minimum absolute atomic E-state index is 0.0604. The minimum atomic E-state index is -3.89. The number of benzene rings is 1. The average Bonchev–Trinajstić information content (AvgIpc) is 2.77. The van der Waals surface area contributed by atoms with Gasteiger partial charge in [-0.1, -0.05) is 12.1 Å². The molecule has 0 unspecified atom stereocenters. The van der Waals surface area contributed by atoms with Crippen LogP contribution in [0, 0.1) is 13.8 Å². The van der Waals surface area contributed by atoms with E-state index in [-0.39, 0.29) is 16.1 Å². The molecule has 0 saturated carbocycles. The van der Waals surface area contributed by atoms with Gasteiger partial charge in [-0.15, -0.1) is 0 Å². The fourth-order valence-corrected chi connectivity index (χ4v) is 3.66. The van der Waals surface area contributed by atoms with Crippen LogP contribution >= 0.6 is 0 Å². The molecule has 7 nitrogen and oxygen atoms in total. The summed E-state index contributed by atoms with van der Waals surface area (Å²) in [6, 6.07) is 5.94. The van der Waals surface area contributed by atoms with Crippen LogP contribution in [0.2, 0.25) is 0 Å². The van der Waals surface area contributed by atoms with Crippen molar-refractivity contribution in [2.45, 2.75) is 18.7 Å². The number of aromatic carboxylic acids is 1. The molecule has 0 atom stereocenters. The van der Waals surface area contributed by atoms with E-state index in [4.69, 9.17) is 0 Å². The maximum Gasteiger partial charge on any atom is 0.337 e. The van der Waals surface area contributed by atoms with Crippen LogP contribution in [0.3, 0.4) is 0 Å². The second kappa shape index (κ2) is 5.21. The Morgan fingerprint density at radius 2 is 1.90 bits per heavy atom. The molecular formula is C13H15N3O4S. The third-order valence-electron chi connectivity index (χ3n) is 3.15. The van der Waals surface area contributed by atoms with Gasteiger partial charge in [0, 0.05) is 7.05 Å². The molecule has 1 aromatic heterocycles. The molecule has 0 bridgehead atoms. The number of H-pyrrole nitrogens is 1. The summed E-state index contributed by atoms with van der Waals surface area (Å²) in [6.45, 7) is 3.18. The van der Waals surface area contributed by atoms with Gasteiger partial charge >= 0.3 is 5.97 Å². The van der Waals surface area contributed by atoms with Crippen molar-refractivity contribution in [3.05, 3.63) is 41.2 Å². The normalized spacial score (nSPS) is 11.4. The predicted molar refractivity (Wildman–Crippen MR) is 77.1 cm³/mol. The van der Waals surface area contributed by atoms with Crippen LogP contribution in [0.1, 0.15) is 21.7 Å². The van der Waals surface area contributed by atoms with Crippen LogP contribution in [-0.4, -0.2) is 36.7 Å². The molecule has 0 aliphatic carbocycles. The lowest BCUT2D eigenvalue weighted by Gasteiger charge is -2.21. The van der Waals surface area contributed by atoms with Crippen molar-refractivity contribution in [2.24, 2.45) is 0 Å². The number of aromatic amines is 1. The second-order valence-corrected chi connectivity index (χ2v) is 6.46. The maximum absolute atomic E-state index is 12.7. The van der Waals surface area contributed by atoms with Gasteiger partial charge in [-0.25, -0.2) is 13.2 Å². The van der Waals surface area contributed by atoms with E-state index in [0.29, 0.717) is 11.4 Å². The van der Waals surface area contributed by atoms with Gasteiger partial charge in [-0.2, -0.15) is 5.10 Å². The molecule has 0 saturated heterocycles. The Kier molecular flexibility index (Phi) is 3.73. The summed E-state index contributed by atoms with van der Waals surface area (Å²) in [5.41, 5.74) is 0.770. The monoisotopic (exact) mass is 309 g/mol. The summed E-state index contributed by atoms with van der Waals surface area (Å²) < 4.78 is 26.3. The van der Waals surface area contributed by atoms with Crippen molar-refractivity contribution in [1.82, 2.24) is 10.2 Å². The van der Waals surface area contributed by atoms with Crippen LogP contribution in [0.25, 0.3) is 0 Å². The van der Waals surface area contributed by atoms with Gasteiger partial charge in [-0.3, -0.25) is 9.40 Å². The summed E-state index contributed by atoms with van der Waals surface area (Å²) >= 11 is 0. The number of hydrogen-bond donors (Lipinski definition) is 2. The van der Waals surface area contributed by atoms with Crippen molar-refractivity contribution in [3.8, 4) is 0 Å². The number of nitrogens with one attached hydrogen (secondary N) is 1. The van der Waals surface area contributed by atoms with Crippen LogP contribution in [0.15, 0.2) is 29.2 Å². The highest BCUT2D eigenvalue weighted by molar-refractivity contribution is 7.92. The first-order valence-corrected chi connectivity index (χ1v) is 7.53. The summed E-state index contributed by atoms with van der Waals surface area (Å²) in [6.07, 6.45) is 0. The van der Waals surface area contributed by atoms with Gasteiger partial charge < -0.3 is 5.11 Å². The number of rotatable bonds is 4. The average molecular weight is 309 g/mol. The zero-order valence-corrected chi connectivity index (χ0v) is 12.6. The first kappa shape index (κ1) is 15.0. The lowest BCUT2D eigenvalue weighted by molar-refractivity contribution is 0.0698. The lowest BCUT2D eigenvalue weighted by Crippen LogP contribution is -2.29. The third-order valence-corrected chi connectivity index (χ3v) is 5.19. The summed E-state index contributed by atoms with van der Waals surface area (Å²) in [7, 11) is -2.57.